The number of ether oxygens (including phenoxy) is 1. The van der Waals surface area contributed by atoms with Crippen LogP contribution in [0.2, 0.25) is 0 Å². The summed E-state index contributed by atoms with van der Waals surface area (Å²) >= 11 is 0. The van der Waals surface area contributed by atoms with E-state index in [1.54, 1.807) is 19.2 Å². The van der Waals surface area contributed by atoms with Crippen molar-refractivity contribution in [3.63, 3.8) is 0 Å². The predicted molar refractivity (Wildman–Crippen MR) is 92.0 cm³/mol. The summed E-state index contributed by atoms with van der Waals surface area (Å²) in [6.07, 6.45) is 0.532. The van der Waals surface area contributed by atoms with Gasteiger partial charge < -0.3 is 20.5 Å². The van der Waals surface area contributed by atoms with Crippen molar-refractivity contribution in [3.05, 3.63) is 65.0 Å². The first-order chi connectivity index (χ1) is 12.1. The minimum absolute atomic E-state index is 0.0650. The SMILES string of the molecule is COc1cccc2c1CC[C@@H]2NC(=O)NC[C@H](O)c1ccccc1F. The van der Waals surface area contributed by atoms with Crippen LogP contribution in [0, 0.1) is 5.82 Å². The number of halogens is 1. The van der Waals surface area contributed by atoms with Crippen LogP contribution >= 0.6 is 0 Å². The molecule has 6 heteroatoms. The number of nitrogens with one attached hydrogen (secondary N) is 2. The number of hydrogen-bond donors (Lipinski definition) is 3. The van der Waals surface area contributed by atoms with Crippen LogP contribution in [-0.2, 0) is 6.42 Å². The topological polar surface area (TPSA) is 70.6 Å². The Morgan fingerprint density at radius 2 is 2.12 bits per heavy atom. The molecule has 2 amide bonds. The number of methoxy groups -OCH3 is 1. The van der Waals surface area contributed by atoms with Gasteiger partial charge in [-0.3, -0.25) is 0 Å². The molecule has 1 aliphatic carbocycles. The van der Waals surface area contributed by atoms with Gasteiger partial charge in [-0.25, -0.2) is 9.18 Å². The summed E-state index contributed by atoms with van der Waals surface area (Å²) in [5.74, 6) is 0.339. The molecular weight excluding hydrogens is 323 g/mol. The Kier molecular flexibility index (Phi) is 5.19. The van der Waals surface area contributed by atoms with Gasteiger partial charge in [-0.05, 0) is 36.1 Å². The summed E-state index contributed by atoms with van der Waals surface area (Å²) in [6.45, 7) is -0.0650. The van der Waals surface area contributed by atoms with E-state index in [-0.39, 0.29) is 18.2 Å². The zero-order chi connectivity index (χ0) is 17.8. The molecule has 0 saturated carbocycles. The third-order valence-electron chi connectivity index (χ3n) is 4.47. The van der Waals surface area contributed by atoms with Crippen LogP contribution in [0.25, 0.3) is 0 Å². The van der Waals surface area contributed by atoms with Crippen molar-refractivity contribution in [2.24, 2.45) is 0 Å². The number of carbonyl (C=O) groups is 1. The quantitative estimate of drug-likeness (QED) is 0.781. The maximum atomic E-state index is 13.6. The number of hydrogen-bond acceptors (Lipinski definition) is 3. The molecule has 0 fully saturated rings. The lowest BCUT2D eigenvalue weighted by atomic mass is 10.1. The first kappa shape index (κ1) is 17.2. The summed E-state index contributed by atoms with van der Waals surface area (Å²) in [6, 6.07) is 11.3. The molecule has 3 rings (SSSR count). The van der Waals surface area contributed by atoms with E-state index in [0.717, 1.165) is 29.7 Å². The van der Waals surface area contributed by atoms with E-state index >= 15 is 0 Å². The smallest absolute Gasteiger partial charge is 0.315 e. The first-order valence-electron chi connectivity index (χ1n) is 8.22. The Labute approximate surface area is 145 Å². The van der Waals surface area contributed by atoms with E-state index in [2.05, 4.69) is 10.6 Å². The maximum Gasteiger partial charge on any atom is 0.315 e. The number of benzene rings is 2. The lowest BCUT2D eigenvalue weighted by molar-refractivity contribution is 0.168. The Hall–Kier alpha value is -2.60. The van der Waals surface area contributed by atoms with Gasteiger partial charge in [0.1, 0.15) is 11.6 Å². The van der Waals surface area contributed by atoms with Crippen LogP contribution in [0.4, 0.5) is 9.18 Å². The lowest BCUT2D eigenvalue weighted by Gasteiger charge is -2.17. The highest BCUT2D eigenvalue weighted by atomic mass is 19.1. The molecule has 0 aromatic heterocycles. The largest absolute Gasteiger partial charge is 0.496 e. The minimum atomic E-state index is -1.09. The second-order valence-corrected chi connectivity index (χ2v) is 6.01. The van der Waals surface area contributed by atoms with Gasteiger partial charge in [0.2, 0.25) is 0 Å². The zero-order valence-electron chi connectivity index (χ0n) is 14.0. The summed E-state index contributed by atoms with van der Waals surface area (Å²) in [7, 11) is 1.63. The molecule has 0 saturated heterocycles. The van der Waals surface area contributed by atoms with Crippen LogP contribution in [0.15, 0.2) is 42.5 Å². The Bertz CT molecular complexity index is 766. The van der Waals surface area contributed by atoms with Crippen molar-refractivity contribution in [3.8, 4) is 5.75 Å². The molecule has 0 radical (unpaired) electrons. The molecule has 132 valence electrons. The van der Waals surface area contributed by atoms with Gasteiger partial charge in [-0.1, -0.05) is 30.3 Å². The number of aliphatic hydroxyl groups is 1. The molecule has 2 aromatic carbocycles. The van der Waals surface area contributed by atoms with E-state index in [1.165, 1.54) is 12.1 Å². The molecule has 2 atom stereocenters. The number of urea groups is 1. The molecule has 0 aliphatic heterocycles. The van der Waals surface area contributed by atoms with E-state index in [1.807, 2.05) is 18.2 Å². The highest BCUT2D eigenvalue weighted by molar-refractivity contribution is 5.74. The summed E-state index contributed by atoms with van der Waals surface area (Å²) in [4.78, 5) is 12.1. The fourth-order valence-corrected chi connectivity index (χ4v) is 3.22. The summed E-state index contributed by atoms with van der Waals surface area (Å²) in [5.41, 5.74) is 2.32. The standard InChI is InChI=1S/C19H21FN2O3/c1-25-18-8-4-6-12-13(18)9-10-16(12)22-19(24)21-11-17(23)14-5-2-3-7-15(14)20/h2-8,16-17,23H,9-11H2,1H3,(H2,21,22,24)/t16-,17-/m0/s1. The number of aliphatic hydroxyl groups excluding tert-OH is 1. The number of rotatable bonds is 5. The molecule has 0 unspecified atom stereocenters. The number of fused-ring (bicyclic) bond motifs is 1. The minimum Gasteiger partial charge on any atom is -0.496 e. The van der Waals surface area contributed by atoms with Crippen LogP contribution in [-0.4, -0.2) is 24.8 Å². The van der Waals surface area contributed by atoms with Gasteiger partial charge in [0, 0.05) is 12.1 Å². The van der Waals surface area contributed by atoms with Gasteiger partial charge in [-0.2, -0.15) is 0 Å². The third-order valence-corrected chi connectivity index (χ3v) is 4.47. The Balaban J connectivity index is 1.57. The normalized spacial score (nSPS) is 16.8. The fraction of sp³-hybridized carbons (Fsp3) is 0.316. The van der Waals surface area contributed by atoms with E-state index in [9.17, 15) is 14.3 Å². The Morgan fingerprint density at radius 3 is 2.88 bits per heavy atom. The van der Waals surface area contributed by atoms with Crippen molar-refractivity contribution in [2.45, 2.75) is 25.0 Å². The molecule has 25 heavy (non-hydrogen) atoms. The van der Waals surface area contributed by atoms with Crippen LogP contribution in [0.3, 0.4) is 0 Å². The predicted octanol–water partition coefficient (Wildman–Crippen LogP) is 2.85. The first-order valence-corrected chi connectivity index (χ1v) is 8.22. The highest BCUT2D eigenvalue weighted by Gasteiger charge is 2.26. The average molecular weight is 344 g/mol. The molecule has 3 N–H and O–H groups in total. The lowest BCUT2D eigenvalue weighted by Crippen LogP contribution is -2.39. The number of amides is 2. The Morgan fingerprint density at radius 1 is 1.32 bits per heavy atom. The van der Waals surface area contributed by atoms with E-state index < -0.39 is 18.0 Å². The molecule has 2 aromatic rings. The monoisotopic (exact) mass is 344 g/mol. The van der Waals surface area contributed by atoms with Gasteiger partial charge >= 0.3 is 6.03 Å². The van der Waals surface area contributed by atoms with Crippen molar-refractivity contribution in [1.29, 1.82) is 0 Å². The second kappa shape index (κ2) is 7.53. The molecular formula is C19H21FN2O3. The van der Waals surface area contributed by atoms with Crippen molar-refractivity contribution in [1.82, 2.24) is 10.6 Å². The van der Waals surface area contributed by atoms with Crippen molar-refractivity contribution >= 4 is 6.03 Å². The molecule has 0 spiro atoms. The highest BCUT2D eigenvalue weighted by Crippen LogP contribution is 2.36. The zero-order valence-corrected chi connectivity index (χ0v) is 14.0. The summed E-state index contributed by atoms with van der Waals surface area (Å²) in [5, 5.41) is 15.5. The molecule has 0 bridgehead atoms. The van der Waals surface area contributed by atoms with Gasteiger partial charge in [0.25, 0.3) is 0 Å². The second-order valence-electron chi connectivity index (χ2n) is 6.01. The van der Waals surface area contributed by atoms with Crippen molar-refractivity contribution in [2.75, 3.05) is 13.7 Å². The molecule has 1 aliphatic rings. The third kappa shape index (κ3) is 3.74. The van der Waals surface area contributed by atoms with E-state index in [0.29, 0.717) is 0 Å². The van der Waals surface area contributed by atoms with Crippen LogP contribution < -0.4 is 15.4 Å². The fourth-order valence-electron chi connectivity index (χ4n) is 3.22. The van der Waals surface area contributed by atoms with Gasteiger partial charge in [-0.15, -0.1) is 0 Å². The van der Waals surface area contributed by atoms with Gasteiger partial charge in [0.15, 0.2) is 0 Å². The van der Waals surface area contributed by atoms with E-state index in [4.69, 9.17) is 4.74 Å². The molecule has 5 nitrogen and oxygen atoms in total. The molecule has 0 heterocycles. The van der Waals surface area contributed by atoms with Gasteiger partial charge in [0.05, 0.1) is 19.3 Å². The average Bonchev–Trinajstić information content (AvgIpc) is 3.03. The summed E-state index contributed by atoms with van der Waals surface area (Å²) < 4.78 is 19.0. The maximum absolute atomic E-state index is 13.6. The van der Waals surface area contributed by atoms with Crippen molar-refractivity contribution < 1.29 is 19.0 Å². The van der Waals surface area contributed by atoms with Crippen LogP contribution in [0.1, 0.15) is 35.3 Å². The van der Waals surface area contributed by atoms with Crippen LogP contribution in [0.5, 0.6) is 5.75 Å². The number of carbonyl (C=O) groups excluding carboxylic acids is 1.